The third-order valence-electron chi connectivity index (χ3n) is 5.22. The average molecular weight is 408 g/mol. The Labute approximate surface area is 181 Å². The number of hydrogen-bond donors (Lipinski definition) is 1. The molecule has 1 saturated carbocycles. The first-order valence-corrected chi connectivity index (χ1v) is 9.72. The van der Waals surface area contributed by atoms with Crippen LogP contribution in [0.25, 0.3) is 28.1 Å². The minimum absolute atomic E-state index is 0.107. The van der Waals surface area contributed by atoms with Gasteiger partial charge in [0.1, 0.15) is 11.9 Å². The summed E-state index contributed by atoms with van der Waals surface area (Å²) in [5.74, 6) is -3.30. The van der Waals surface area contributed by atoms with Crippen LogP contribution >= 0.6 is 0 Å². The van der Waals surface area contributed by atoms with Gasteiger partial charge in [0.25, 0.3) is 0 Å². The van der Waals surface area contributed by atoms with Gasteiger partial charge in [0.15, 0.2) is 0 Å². The van der Waals surface area contributed by atoms with Crippen molar-refractivity contribution in [2.45, 2.75) is 43.7 Å². The summed E-state index contributed by atoms with van der Waals surface area (Å²) in [6, 6.07) is 12.7. The topological polar surface area (TPSA) is 59.4 Å². The van der Waals surface area contributed by atoms with Crippen LogP contribution in [0.1, 0.15) is 49.6 Å². The van der Waals surface area contributed by atoms with E-state index < -0.39 is 42.6 Å². The predicted octanol–water partition coefficient (Wildman–Crippen LogP) is 5.00. The van der Waals surface area contributed by atoms with Crippen LogP contribution < -0.4 is 0 Å². The number of fused-ring (bicyclic) bond motifs is 1. The number of pyridine rings is 1. The molecular formula is C25H22FNO3. The first-order chi connectivity index (χ1) is 16.5. The lowest BCUT2D eigenvalue weighted by Gasteiger charge is -2.23. The van der Waals surface area contributed by atoms with Crippen molar-refractivity contribution in [2.24, 2.45) is 0 Å². The van der Waals surface area contributed by atoms with Crippen molar-refractivity contribution < 1.29 is 25.9 Å². The molecule has 0 spiro atoms. The average Bonchev–Trinajstić information content (AvgIpc) is 3.13. The third-order valence-corrected chi connectivity index (χ3v) is 5.22. The summed E-state index contributed by atoms with van der Waals surface area (Å²) in [6.45, 7) is 0. The highest BCUT2D eigenvalue weighted by atomic mass is 19.1. The lowest BCUT2D eigenvalue weighted by molar-refractivity contribution is -0.156. The van der Waals surface area contributed by atoms with Crippen molar-refractivity contribution in [2.75, 3.05) is 0 Å². The predicted molar refractivity (Wildman–Crippen MR) is 113 cm³/mol. The maximum absolute atomic E-state index is 13.7. The molecule has 1 aliphatic carbocycles. The second kappa shape index (κ2) is 7.65. The molecule has 2 atom stereocenters. The minimum atomic E-state index is -2.51. The van der Waals surface area contributed by atoms with Gasteiger partial charge in [0, 0.05) is 35.7 Å². The molecule has 2 heterocycles. The Balaban J connectivity index is 1.78. The number of aliphatic hydroxyl groups excluding tert-OH is 1. The zero-order chi connectivity index (χ0) is 25.2. The molecule has 0 bridgehead atoms. The fourth-order valence-electron chi connectivity index (χ4n) is 3.79. The SMILES string of the molecule is [2H]C1([2H])C([2H])([2H])C1([2H])c1nc2ccccc2c(-c2ccc(F)cc2)c1/C=C/[C@@H]1C[C@@H](O)CC(=O)O1. The standard InChI is InChI=1S/C25H22FNO3/c26-17-9-7-15(8-10-17)24-20-3-1-2-4-22(20)27-25(16-5-6-16)21(24)12-11-19-13-18(28)14-23(29)30-19/h1-4,7-12,16,18-19,28H,5-6,13-14H2/b12-11+/t18-,19-/m1/s1/i5D2,6D2,16D. The quantitative estimate of drug-likeness (QED) is 0.618. The number of aromatic nitrogens is 1. The minimum Gasteiger partial charge on any atom is -0.458 e. The first kappa shape index (κ1) is 14.0. The molecule has 1 saturated heterocycles. The molecule has 5 rings (SSSR count). The second-order valence-corrected chi connectivity index (χ2v) is 7.38. The maximum Gasteiger partial charge on any atom is 0.309 e. The lowest BCUT2D eigenvalue weighted by atomic mass is 9.92. The summed E-state index contributed by atoms with van der Waals surface area (Å²) in [7, 11) is 0. The van der Waals surface area contributed by atoms with E-state index in [1.165, 1.54) is 24.3 Å². The molecule has 0 amide bonds. The first-order valence-electron chi connectivity index (χ1n) is 12.2. The molecule has 30 heavy (non-hydrogen) atoms. The van der Waals surface area contributed by atoms with Gasteiger partial charge in [-0.3, -0.25) is 9.78 Å². The van der Waals surface area contributed by atoms with Crippen molar-refractivity contribution in [3.8, 4) is 11.1 Å². The van der Waals surface area contributed by atoms with Crippen LogP contribution in [0.4, 0.5) is 4.39 Å². The Bertz CT molecular complexity index is 1350. The molecular weight excluding hydrogens is 381 g/mol. The molecule has 152 valence electrons. The number of ether oxygens (including phenoxy) is 1. The molecule has 5 heteroatoms. The second-order valence-electron chi connectivity index (χ2n) is 7.38. The number of rotatable bonds is 4. The molecule has 0 unspecified atom stereocenters. The maximum atomic E-state index is 13.7. The van der Waals surface area contributed by atoms with Crippen LogP contribution in [0.5, 0.6) is 0 Å². The van der Waals surface area contributed by atoms with Crippen LogP contribution in [0, 0.1) is 5.82 Å². The Morgan fingerprint density at radius 3 is 2.70 bits per heavy atom. The van der Waals surface area contributed by atoms with E-state index in [0.29, 0.717) is 22.0 Å². The molecule has 2 fully saturated rings. The van der Waals surface area contributed by atoms with Crippen LogP contribution in [0.3, 0.4) is 0 Å². The van der Waals surface area contributed by atoms with E-state index in [4.69, 9.17) is 11.6 Å². The number of carbonyl (C=O) groups excluding carboxylic acids is 1. The van der Waals surface area contributed by atoms with Crippen molar-refractivity contribution in [1.82, 2.24) is 4.98 Å². The zero-order valence-electron chi connectivity index (χ0n) is 20.9. The molecule has 2 aliphatic rings. The Morgan fingerprint density at radius 1 is 1.20 bits per heavy atom. The lowest BCUT2D eigenvalue weighted by Crippen LogP contribution is -2.31. The van der Waals surface area contributed by atoms with Gasteiger partial charge in [0.05, 0.1) is 23.7 Å². The van der Waals surface area contributed by atoms with Crippen LogP contribution in [-0.2, 0) is 9.53 Å². The van der Waals surface area contributed by atoms with Crippen molar-refractivity contribution in [1.29, 1.82) is 0 Å². The van der Waals surface area contributed by atoms with E-state index in [-0.39, 0.29) is 24.1 Å². The van der Waals surface area contributed by atoms with Crippen LogP contribution in [-0.4, -0.2) is 28.3 Å². The van der Waals surface area contributed by atoms with E-state index >= 15 is 0 Å². The van der Waals surface area contributed by atoms with Gasteiger partial charge in [-0.2, -0.15) is 0 Å². The molecule has 3 aromatic rings. The molecule has 0 radical (unpaired) electrons. The summed E-state index contributed by atoms with van der Waals surface area (Å²) < 4.78 is 60.8. The number of hydrogen-bond acceptors (Lipinski definition) is 4. The fourth-order valence-corrected chi connectivity index (χ4v) is 3.79. The van der Waals surface area contributed by atoms with Gasteiger partial charge in [-0.15, -0.1) is 0 Å². The van der Waals surface area contributed by atoms with Gasteiger partial charge >= 0.3 is 5.97 Å². The largest absolute Gasteiger partial charge is 0.458 e. The molecule has 1 N–H and O–H groups in total. The fraction of sp³-hybridized carbons (Fsp3) is 0.280. The van der Waals surface area contributed by atoms with Crippen molar-refractivity contribution in [3.63, 3.8) is 0 Å². The normalized spacial score (nSPS) is 28.7. The highest BCUT2D eigenvalue weighted by Gasteiger charge is 2.30. The summed E-state index contributed by atoms with van der Waals surface area (Å²) in [6.07, 6.45) is -3.53. The number of para-hydroxylation sites is 1. The number of cyclic esters (lactones) is 1. The van der Waals surface area contributed by atoms with E-state index in [9.17, 15) is 14.3 Å². The van der Waals surface area contributed by atoms with Gasteiger partial charge in [-0.05, 0) is 42.6 Å². The number of aliphatic hydroxyl groups is 1. The van der Waals surface area contributed by atoms with E-state index in [1.54, 1.807) is 36.4 Å². The number of nitrogens with zero attached hydrogens (tertiary/aromatic N) is 1. The summed E-state index contributed by atoms with van der Waals surface area (Å²) in [4.78, 5) is 16.4. The molecule has 2 aromatic carbocycles. The van der Waals surface area contributed by atoms with Gasteiger partial charge in [-0.1, -0.05) is 36.4 Å². The van der Waals surface area contributed by atoms with Gasteiger partial charge < -0.3 is 9.84 Å². The van der Waals surface area contributed by atoms with Gasteiger partial charge in [0.2, 0.25) is 0 Å². The summed E-state index contributed by atoms with van der Waals surface area (Å²) in [5, 5.41) is 10.6. The Kier molecular flexibility index (Phi) is 3.58. The number of benzene rings is 2. The van der Waals surface area contributed by atoms with E-state index in [0.717, 1.165) is 0 Å². The monoisotopic (exact) mass is 408 g/mol. The van der Waals surface area contributed by atoms with Gasteiger partial charge in [-0.25, -0.2) is 4.39 Å². The molecule has 4 nitrogen and oxygen atoms in total. The summed E-state index contributed by atoms with van der Waals surface area (Å²) in [5.41, 5.74) is 1.69. The Morgan fingerprint density at radius 2 is 1.97 bits per heavy atom. The highest BCUT2D eigenvalue weighted by molar-refractivity contribution is 5.99. The Hall–Kier alpha value is -3.05. The van der Waals surface area contributed by atoms with Crippen molar-refractivity contribution in [3.05, 3.63) is 71.7 Å². The summed E-state index contributed by atoms with van der Waals surface area (Å²) >= 11 is 0. The van der Waals surface area contributed by atoms with E-state index in [1.807, 2.05) is 0 Å². The third kappa shape index (κ3) is 3.73. The van der Waals surface area contributed by atoms with E-state index in [2.05, 4.69) is 4.98 Å². The number of halogens is 1. The van der Waals surface area contributed by atoms with Crippen LogP contribution in [0.2, 0.25) is 0 Å². The zero-order valence-corrected chi connectivity index (χ0v) is 15.9. The number of esters is 1. The van der Waals surface area contributed by atoms with Crippen LogP contribution in [0.15, 0.2) is 54.6 Å². The highest BCUT2D eigenvalue weighted by Crippen LogP contribution is 2.45. The molecule has 1 aromatic heterocycles. The van der Waals surface area contributed by atoms with Crippen molar-refractivity contribution >= 4 is 22.9 Å². The number of carbonyl (C=O) groups is 1. The smallest absolute Gasteiger partial charge is 0.309 e. The molecule has 1 aliphatic heterocycles.